The lowest BCUT2D eigenvalue weighted by Gasteiger charge is -2.23. The molecule has 1 aliphatic rings. The second-order valence-electron chi connectivity index (χ2n) is 4.98. The van der Waals surface area contributed by atoms with E-state index in [-0.39, 0.29) is 23.6 Å². The second kappa shape index (κ2) is 5.66. The Kier molecular flexibility index (Phi) is 3.70. The van der Waals surface area contributed by atoms with E-state index in [4.69, 9.17) is 10.3 Å². The van der Waals surface area contributed by atoms with E-state index in [1.54, 1.807) is 4.90 Å². The van der Waals surface area contributed by atoms with Gasteiger partial charge in [0.2, 0.25) is 5.89 Å². The van der Waals surface area contributed by atoms with Gasteiger partial charge in [-0.05, 0) is 19.3 Å². The molecule has 2 N–H and O–H groups in total. The average Bonchev–Trinajstić information content (AvgIpc) is 3.16. The van der Waals surface area contributed by atoms with Gasteiger partial charge >= 0.3 is 0 Å². The van der Waals surface area contributed by atoms with E-state index in [0.29, 0.717) is 25.1 Å². The molecule has 0 bridgehead atoms. The molecule has 1 atom stereocenters. The Hall–Kier alpha value is -2.58. The Morgan fingerprint density at radius 3 is 3.05 bits per heavy atom. The minimum atomic E-state index is -0.763. The van der Waals surface area contributed by atoms with Gasteiger partial charge in [0.1, 0.15) is 12.4 Å². The van der Waals surface area contributed by atoms with Crippen molar-refractivity contribution < 1.29 is 13.7 Å². The molecule has 9 heteroatoms. The van der Waals surface area contributed by atoms with Crippen molar-refractivity contribution in [2.45, 2.75) is 32.2 Å². The quantitative estimate of drug-likeness (QED) is 0.896. The normalized spacial score (nSPS) is 17.9. The lowest BCUT2D eigenvalue weighted by molar-refractivity contribution is 0.0987. The molecule has 116 valence electrons. The van der Waals surface area contributed by atoms with Crippen LogP contribution in [0.2, 0.25) is 0 Å². The zero-order valence-electron chi connectivity index (χ0n) is 12.0. The van der Waals surface area contributed by atoms with Crippen LogP contribution in [0, 0.1) is 5.82 Å². The van der Waals surface area contributed by atoms with Gasteiger partial charge < -0.3 is 15.2 Å². The molecule has 1 fully saturated rings. The minimum Gasteiger partial charge on any atom is -0.363 e. The monoisotopic (exact) mass is 306 g/mol. The Bertz CT molecular complexity index is 704. The molecule has 1 saturated heterocycles. The van der Waals surface area contributed by atoms with Gasteiger partial charge in [0.25, 0.3) is 11.7 Å². The molecule has 22 heavy (non-hydrogen) atoms. The number of hydrogen-bond donors (Lipinski definition) is 1. The summed E-state index contributed by atoms with van der Waals surface area (Å²) in [6, 6.07) is -0.324. The maximum Gasteiger partial charge on any atom is 0.290 e. The van der Waals surface area contributed by atoms with Gasteiger partial charge in [0.05, 0.1) is 5.69 Å². The van der Waals surface area contributed by atoms with Crippen LogP contribution in [0.1, 0.15) is 48.0 Å². The van der Waals surface area contributed by atoms with Crippen molar-refractivity contribution in [2.24, 2.45) is 5.73 Å². The van der Waals surface area contributed by atoms with E-state index in [0.717, 1.165) is 6.42 Å². The van der Waals surface area contributed by atoms with Crippen LogP contribution in [0.4, 0.5) is 10.2 Å². The summed E-state index contributed by atoms with van der Waals surface area (Å²) < 4.78 is 19.5. The maximum atomic E-state index is 14.4. The molecular formula is C13H15FN6O2. The molecule has 0 saturated carbocycles. The Morgan fingerprint density at radius 1 is 1.55 bits per heavy atom. The summed E-state index contributed by atoms with van der Waals surface area (Å²) in [5.41, 5.74) is 5.48. The third kappa shape index (κ3) is 2.38. The van der Waals surface area contributed by atoms with E-state index in [1.165, 1.54) is 6.33 Å². The number of nitrogens with two attached hydrogens (primary N) is 1. The summed E-state index contributed by atoms with van der Waals surface area (Å²) >= 11 is 0. The lowest BCUT2D eigenvalue weighted by Crippen LogP contribution is -2.26. The lowest BCUT2D eigenvalue weighted by atomic mass is 10.2. The van der Waals surface area contributed by atoms with Crippen LogP contribution < -0.4 is 10.6 Å². The third-order valence-electron chi connectivity index (χ3n) is 3.65. The van der Waals surface area contributed by atoms with Crippen LogP contribution in [0.15, 0.2) is 10.9 Å². The highest BCUT2D eigenvalue weighted by atomic mass is 19.1. The topological polar surface area (TPSA) is 111 Å². The maximum absolute atomic E-state index is 14.4. The summed E-state index contributed by atoms with van der Waals surface area (Å²) in [4.78, 5) is 24.8. The van der Waals surface area contributed by atoms with Crippen LogP contribution in [0.5, 0.6) is 0 Å². The van der Waals surface area contributed by atoms with Crippen molar-refractivity contribution in [1.29, 1.82) is 0 Å². The summed E-state index contributed by atoms with van der Waals surface area (Å²) in [7, 11) is 0. The molecule has 0 aromatic carbocycles. The largest absolute Gasteiger partial charge is 0.363 e. The van der Waals surface area contributed by atoms with Gasteiger partial charge in [-0.2, -0.15) is 4.98 Å². The highest BCUT2D eigenvalue weighted by Gasteiger charge is 2.34. The van der Waals surface area contributed by atoms with Gasteiger partial charge in [-0.15, -0.1) is 0 Å². The first-order valence-corrected chi connectivity index (χ1v) is 7.01. The average molecular weight is 306 g/mol. The van der Waals surface area contributed by atoms with Crippen LogP contribution in [0.25, 0.3) is 0 Å². The van der Waals surface area contributed by atoms with Crippen LogP contribution in [0.3, 0.4) is 0 Å². The number of nitrogens with zero attached hydrogens (tertiary/aromatic N) is 5. The predicted molar refractivity (Wildman–Crippen MR) is 73.5 cm³/mol. The third-order valence-corrected chi connectivity index (χ3v) is 3.65. The molecule has 1 aliphatic heterocycles. The van der Waals surface area contributed by atoms with Gasteiger partial charge in [-0.3, -0.25) is 4.79 Å². The fraction of sp³-hybridized carbons (Fsp3) is 0.462. The molecule has 2 aromatic rings. The van der Waals surface area contributed by atoms with E-state index >= 15 is 0 Å². The first-order valence-electron chi connectivity index (χ1n) is 7.01. The van der Waals surface area contributed by atoms with E-state index < -0.39 is 11.7 Å². The summed E-state index contributed by atoms with van der Waals surface area (Å²) in [6.07, 6.45) is 3.34. The molecule has 8 nitrogen and oxygen atoms in total. The number of primary amides is 1. The van der Waals surface area contributed by atoms with Crippen LogP contribution in [-0.4, -0.2) is 32.6 Å². The molecule has 2 aromatic heterocycles. The number of amides is 1. The van der Waals surface area contributed by atoms with Crippen molar-refractivity contribution in [1.82, 2.24) is 20.1 Å². The number of halogens is 1. The zero-order valence-corrected chi connectivity index (χ0v) is 12.0. The molecular weight excluding hydrogens is 291 g/mol. The van der Waals surface area contributed by atoms with Gasteiger partial charge in [0.15, 0.2) is 11.6 Å². The molecule has 0 radical (unpaired) electrons. The Morgan fingerprint density at radius 2 is 2.36 bits per heavy atom. The smallest absolute Gasteiger partial charge is 0.290 e. The first kappa shape index (κ1) is 14.4. The standard InChI is InChI=1S/C13H15FN6O2/c1-2-7-9(14)12(17-6-16-7)20-5-3-4-8(20)13-18-11(10(15)21)19-22-13/h6,8H,2-5H2,1H3,(H2,15,21). The molecule has 1 unspecified atom stereocenters. The Labute approximate surface area is 125 Å². The second-order valence-corrected chi connectivity index (χ2v) is 4.98. The van der Waals surface area contributed by atoms with E-state index in [2.05, 4.69) is 20.1 Å². The van der Waals surface area contributed by atoms with Gasteiger partial charge in [0, 0.05) is 6.54 Å². The fourth-order valence-electron chi connectivity index (χ4n) is 2.59. The summed E-state index contributed by atoms with van der Waals surface area (Å²) in [5.74, 6) is -0.928. The van der Waals surface area contributed by atoms with Crippen molar-refractivity contribution in [3.8, 4) is 0 Å². The van der Waals surface area contributed by atoms with Gasteiger partial charge in [-0.25, -0.2) is 14.4 Å². The number of aromatic nitrogens is 4. The van der Waals surface area contributed by atoms with Crippen molar-refractivity contribution >= 4 is 11.7 Å². The number of rotatable bonds is 4. The molecule has 1 amide bonds. The zero-order chi connectivity index (χ0) is 15.7. The van der Waals surface area contributed by atoms with Gasteiger partial charge in [-0.1, -0.05) is 12.1 Å². The fourth-order valence-corrected chi connectivity index (χ4v) is 2.59. The number of anilines is 1. The highest BCUT2D eigenvalue weighted by molar-refractivity contribution is 5.88. The Balaban J connectivity index is 1.94. The van der Waals surface area contributed by atoms with E-state index in [1.807, 2.05) is 6.92 Å². The molecule has 0 spiro atoms. The minimum absolute atomic E-state index is 0.181. The number of hydrogen-bond acceptors (Lipinski definition) is 7. The van der Waals surface area contributed by atoms with Crippen LogP contribution in [-0.2, 0) is 6.42 Å². The predicted octanol–water partition coefficient (Wildman–Crippen LogP) is 1.00. The van der Waals surface area contributed by atoms with E-state index in [9.17, 15) is 9.18 Å². The molecule has 0 aliphatic carbocycles. The molecule has 3 heterocycles. The van der Waals surface area contributed by atoms with Crippen LogP contribution >= 0.6 is 0 Å². The first-order chi connectivity index (χ1) is 10.6. The summed E-state index contributed by atoms with van der Waals surface area (Å²) in [6.45, 7) is 2.43. The highest BCUT2D eigenvalue weighted by Crippen LogP contribution is 2.35. The molecule has 3 rings (SSSR count). The van der Waals surface area contributed by atoms with Crippen molar-refractivity contribution in [3.63, 3.8) is 0 Å². The SMILES string of the molecule is CCc1ncnc(N2CCCC2c2nc(C(N)=O)no2)c1F. The number of carbonyl (C=O) groups excluding carboxylic acids is 1. The number of aryl methyl sites for hydroxylation is 1. The number of carbonyl (C=O) groups is 1. The van der Waals surface area contributed by atoms with Crippen molar-refractivity contribution in [2.75, 3.05) is 11.4 Å². The summed E-state index contributed by atoms with van der Waals surface area (Å²) in [5, 5.41) is 3.53. The van der Waals surface area contributed by atoms with Crippen molar-refractivity contribution in [3.05, 3.63) is 29.6 Å².